The van der Waals surface area contributed by atoms with E-state index in [1.165, 1.54) is 0 Å². The van der Waals surface area contributed by atoms with Crippen molar-refractivity contribution >= 4 is 11.6 Å². The Bertz CT molecular complexity index is 670. The molecule has 1 aliphatic heterocycles. The molecule has 0 N–H and O–H groups in total. The first kappa shape index (κ1) is 16.0. The zero-order valence-electron chi connectivity index (χ0n) is 14.2. The molecule has 1 saturated carbocycles. The van der Waals surface area contributed by atoms with Crippen LogP contribution in [0.1, 0.15) is 52.9 Å². The van der Waals surface area contributed by atoms with E-state index in [0.29, 0.717) is 23.1 Å². The molecule has 0 aromatic carbocycles. The number of carbonyl (C=O) groups excluding carboxylic acids is 2. The normalized spacial score (nSPS) is 31.0. The van der Waals surface area contributed by atoms with Crippen molar-refractivity contribution in [1.29, 1.82) is 5.26 Å². The summed E-state index contributed by atoms with van der Waals surface area (Å²) < 4.78 is 0. The predicted molar refractivity (Wildman–Crippen MR) is 87.3 cm³/mol. The van der Waals surface area contributed by atoms with Crippen molar-refractivity contribution in [3.05, 3.63) is 22.4 Å². The van der Waals surface area contributed by atoms with E-state index in [1.54, 1.807) is 6.92 Å². The van der Waals surface area contributed by atoms with Crippen LogP contribution in [-0.2, 0) is 9.59 Å². The van der Waals surface area contributed by atoms with Crippen molar-refractivity contribution in [2.45, 2.75) is 52.9 Å². The number of hydrogen-bond donors (Lipinski definition) is 0. The van der Waals surface area contributed by atoms with Gasteiger partial charge in [-0.15, -0.1) is 0 Å². The van der Waals surface area contributed by atoms with Gasteiger partial charge in [-0.3, -0.25) is 9.59 Å². The average molecular weight is 312 g/mol. The van der Waals surface area contributed by atoms with Crippen molar-refractivity contribution in [1.82, 2.24) is 4.90 Å². The molecule has 0 amide bonds. The zero-order valence-corrected chi connectivity index (χ0v) is 14.2. The van der Waals surface area contributed by atoms with Crippen molar-refractivity contribution < 1.29 is 9.59 Å². The van der Waals surface area contributed by atoms with Crippen LogP contribution < -0.4 is 0 Å². The summed E-state index contributed by atoms with van der Waals surface area (Å²) in [6.45, 7) is 8.06. The predicted octanol–water partition coefficient (Wildman–Crippen LogP) is 3.15. The van der Waals surface area contributed by atoms with Gasteiger partial charge in [-0.05, 0) is 36.7 Å². The van der Waals surface area contributed by atoms with E-state index in [0.717, 1.165) is 38.0 Å². The van der Waals surface area contributed by atoms with Gasteiger partial charge in [0.1, 0.15) is 6.07 Å². The Labute approximate surface area is 137 Å². The molecule has 3 rings (SSSR count). The summed E-state index contributed by atoms with van der Waals surface area (Å²) in [7, 11) is 0. The minimum atomic E-state index is -0.245. The average Bonchev–Trinajstić information content (AvgIpc) is 3.07. The Balaban J connectivity index is 2.18. The molecule has 1 heterocycles. The van der Waals surface area contributed by atoms with Gasteiger partial charge < -0.3 is 4.90 Å². The van der Waals surface area contributed by atoms with E-state index in [-0.39, 0.29) is 29.3 Å². The second-order valence-corrected chi connectivity index (χ2v) is 7.89. The number of allylic oxidation sites excluding steroid dienone is 4. The summed E-state index contributed by atoms with van der Waals surface area (Å²) in [5.74, 6) is -0.398. The summed E-state index contributed by atoms with van der Waals surface area (Å²) >= 11 is 0. The Morgan fingerprint density at radius 1 is 1.17 bits per heavy atom. The summed E-state index contributed by atoms with van der Waals surface area (Å²) in [4.78, 5) is 27.1. The number of rotatable bonds is 1. The highest BCUT2D eigenvalue weighted by atomic mass is 16.2. The first-order valence-corrected chi connectivity index (χ1v) is 8.53. The molecule has 1 atom stereocenters. The van der Waals surface area contributed by atoms with Crippen LogP contribution in [0.2, 0.25) is 0 Å². The largest absolute Gasteiger partial charge is 0.374 e. The lowest BCUT2D eigenvalue weighted by Gasteiger charge is -2.37. The molecule has 0 aromatic rings. The zero-order chi connectivity index (χ0) is 16.8. The van der Waals surface area contributed by atoms with Crippen molar-refractivity contribution in [2.24, 2.45) is 11.3 Å². The standard InChI is InChI=1S/C19H24N2O2/c1-12-8-16(22)17(18(12)23)13-9-19(2,3)10-15(14(13)11-20)21-6-4-5-7-21/h12H,4-10H2,1-3H3/b17-13-. The number of nitrogens with zero attached hydrogens (tertiary/aromatic N) is 2. The second kappa shape index (κ2) is 5.63. The maximum atomic E-state index is 12.5. The first-order chi connectivity index (χ1) is 10.8. The molecule has 3 aliphatic rings. The number of hydrogen-bond acceptors (Lipinski definition) is 4. The summed E-state index contributed by atoms with van der Waals surface area (Å²) in [5.41, 5.74) is 2.64. The van der Waals surface area contributed by atoms with Crippen LogP contribution in [0.5, 0.6) is 0 Å². The van der Waals surface area contributed by atoms with Crippen LogP contribution in [0.4, 0.5) is 0 Å². The van der Waals surface area contributed by atoms with Crippen LogP contribution in [0, 0.1) is 22.7 Å². The lowest BCUT2D eigenvalue weighted by molar-refractivity contribution is -0.117. The van der Waals surface area contributed by atoms with Gasteiger partial charge >= 0.3 is 0 Å². The molecule has 4 heteroatoms. The maximum Gasteiger partial charge on any atom is 0.170 e. The molecule has 0 spiro atoms. The molecule has 1 unspecified atom stereocenters. The lowest BCUT2D eigenvalue weighted by Crippen LogP contribution is -2.30. The number of carbonyl (C=O) groups is 2. The van der Waals surface area contributed by atoms with E-state index in [9.17, 15) is 14.9 Å². The van der Waals surface area contributed by atoms with Crippen molar-refractivity contribution in [3.8, 4) is 6.07 Å². The van der Waals surface area contributed by atoms with Crippen LogP contribution in [0.25, 0.3) is 0 Å². The molecular formula is C19H24N2O2. The van der Waals surface area contributed by atoms with E-state index < -0.39 is 0 Å². The molecule has 0 bridgehead atoms. The quantitative estimate of drug-likeness (QED) is 0.551. The highest BCUT2D eigenvalue weighted by Crippen LogP contribution is 2.46. The van der Waals surface area contributed by atoms with Gasteiger partial charge in [-0.25, -0.2) is 0 Å². The highest BCUT2D eigenvalue weighted by molar-refractivity contribution is 6.27. The van der Waals surface area contributed by atoms with E-state index in [1.807, 2.05) is 0 Å². The third kappa shape index (κ3) is 2.73. The van der Waals surface area contributed by atoms with Crippen LogP contribution >= 0.6 is 0 Å². The van der Waals surface area contributed by atoms with Gasteiger partial charge in [0.25, 0.3) is 0 Å². The second-order valence-electron chi connectivity index (χ2n) is 7.89. The van der Waals surface area contributed by atoms with Gasteiger partial charge in [0.2, 0.25) is 0 Å². The van der Waals surface area contributed by atoms with Gasteiger partial charge in [-0.2, -0.15) is 5.26 Å². The molecule has 4 nitrogen and oxygen atoms in total. The Kier molecular flexibility index (Phi) is 3.91. The minimum absolute atomic E-state index is 0.0347. The number of Topliss-reactive ketones (excluding diaryl/α,β-unsaturated/α-hetero) is 2. The monoisotopic (exact) mass is 312 g/mol. The SMILES string of the molecule is CC1CC(=O)/C(=C2\CC(C)(C)CC(N3CCCC3)=C2C#N)C1=O. The van der Waals surface area contributed by atoms with Crippen LogP contribution in [0.15, 0.2) is 22.4 Å². The maximum absolute atomic E-state index is 12.5. The fourth-order valence-corrected chi connectivity index (χ4v) is 4.12. The smallest absolute Gasteiger partial charge is 0.170 e. The Morgan fingerprint density at radius 3 is 2.35 bits per heavy atom. The molecule has 2 fully saturated rings. The molecule has 0 aromatic heterocycles. The topological polar surface area (TPSA) is 61.2 Å². The van der Waals surface area contributed by atoms with Crippen LogP contribution in [0.3, 0.4) is 0 Å². The molecule has 2 aliphatic carbocycles. The Hall–Kier alpha value is -1.89. The van der Waals surface area contributed by atoms with Gasteiger partial charge in [-0.1, -0.05) is 20.8 Å². The Morgan fingerprint density at radius 2 is 1.83 bits per heavy atom. The fraction of sp³-hybridized carbons (Fsp3) is 0.632. The van der Waals surface area contributed by atoms with Gasteiger partial charge in [0.15, 0.2) is 11.6 Å². The van der Waals surface area contributed by atoms with E-state index in [4.69, 9.17) is 0 Å². The molecule has 23 heavy (non-hydrogen) atoms. The lowest BCUT2D eigenvalue weighted by atomic mass is 9.72. The summed E-state index contributed by atoms with van der Waals surface area (Å²) in [5, 5.41) is 9.77. The number of nitriles is 1. The van der Waals surface area contributed by atoms with E-state index in [2.05, 4.69) is 24.8 Å². The van der Waals surface area contributed by atoms with Crippen LogP contribution in [-0.4, -0.2) is 29.6 Å². The molecule has 1 saturated heterocycles. The number of ketones is 2. The highest BCUT2D eigenvalue weighted by Gasteiger charge is 2.41. The molecule has 122 valence electrons. The first-order valence-electron chi connectivity index (χ1n) is 8.53. The van der Waals surface area contributed by atoms with Crippen molar-refractivity contribution in [3.63, 3.8) is 0 Å². The summed E-state index contributed by atoms with van der Waals surface area (Å²) in [6.07, 6.45) is 4.04. The third-order valence-electron chi connectivity index (χ3n) is 5.26. The summed E-state index contributed by atoms with van der Waals surface area (Å²) in [6, 6.07) is 2.33. The number of likely N-dealkylation sites (tertiary alicyclic amines) is 1. The molecule has 0 radical (unpaired) electrons. The van der Waals surface area contributed by atoms with Crippen molar-refractivity contribution in [2.75, 3.05) is 13.1 Å². The minimum Gasteiger partial charge on any atom is -0.374 e. The fourth-order valence-electron chi connectivity index (χ4n) is 4.12. The van der Waals surface area contributed by atoms with Gasteiger partial charge in [0.05, 0.1) is 11.1 Å². The third-order valence-corrected chi connectivity index (χ3v) is 5.26. The van der Waals surface area contributed by atoms with E-state index >= 15 is 0 Å². The molecular weight excluding hydrogens is 288 g/mol. The van der Waals surface area contributed by atoms with Gasteiger partial charge in [0, 0.05) is 31.1 Å².